The first kappa shape index (κ1) is 18.1. The van der Waals surface area contributed by atoms with Crippen LogP contribution in [0.4, 0.5) is 4.39 Å². The lowest BCUT2D eigenvalue weighted by atomic mass is 9.93. The van der Waals surface area contributed by atoms with Gasteiger partial charge in [-0.1, -0.05) is 26.7 Å². The van der Waals surface area contributed by atoms with E-state index in [1.54, 1.807) is 0 Å². The lowest BCUT2D eigenvalue weighted by Gasteiger charge is -2.31. The Bertz CT molecular complexity index is 475. The molecule has 5 heteroatoms. The summed E-state index contributed by atoms with van der Waals surface area (Å²) in [4.78, 5) is 14.3. The van der Waals surface area contributed by atoms with Crippen LogP contribution < -0.4 is 5.32 Å². The van der Waals surface area contributed by atoms with Crippen LogP contribution in [0.3, 0.4) is 0 Å². The second-order valence-electron chi connectivity index (χ2n) is 5.45. The average molecular weight is 359 g/mol. The summed E-state index contributed by atoms with van der Waals surface area (Å²) in [7, 11) is 4.06. The van der Waals surface area contributed by atoms with E-state index in [0.29, 0.717) is 28.5 Å². The van der Waals surface area contributed by atoms with Crippen LogP contribution in [0.2, 0.25) is 0 Å². The number of hydrogen-bond acceptors (Lipinski definition) is 2. The molecule has 1 N–H and O–H groups in total. The van der Waals surface area contributed by atoms with Crippen molar-refractivity contribution in [1.82, 2.24) is 10.2 Å². The number of hydrogen-bond donors (Lipinski definition) is 1. The van der Waals surface area contributed by atoms with Crippen LogP contribution >= 0.6 is 15.9 Å². The number of halogens is 2. The van der Waals surface area contributed by atoms with E-state index >= 15 is 0 Å². The molecule has 0 saturated heterocycles. The standard InChI is InChI=1S/C16H24BrFN2O/c1-5-11(6-2)15(20(3)4)10-19-16(21)12-7-8-14(18)13(17)9-12/h7-9,11,15H,5-6,10H2,1-4H3,(H,19,21). The van der Waals surface area contributed by atoms with E-state index < -0.39 is 0 Å². The molecule has 0 aliphatic rings. The van der Waals surface area contributed by atoms with E-state index in [1.165, 1.54) is 18.2 Å². The Morgan fingerprint density at radius 1 is 1.33 bits per heavy atom. The lowest BCUT2D eigenvalue weighted by Crippen LogP contribution is -2.44. The van der Waals surface area contributed by atoms with Gasteiger partial charge < -0.3 is 10.2 Å². The third kappa shape index (κ3) is 5.08. The monoisotopic (exact) mass is 358 g/mol. The highest BCUT2D eigenvalue weighted by Crippen LogP contribution is 2.18. The Hall–Kier alpha value is -0.940. The first-order valence-electron chi connectivity index (χ1n) is 7.30. The minimum atomic E-state index is -0.366. The van der Waals surface area contributed by atoms with Gasteiger partial charge in [0.2, 0.25) is 0 Å². The van der Waals surface area contributed by atoms with E-state index in [2.05, 4.69) is 40.0 Å². The normalized spacial score (nSPS) is 12.8. The average Bonchev–Trinajstić information content (AvgIpc) is 2.45. The second-order valence-corrected chi connectivity index (χ2v) is 6.30. The van der Waals surface area contributed by atoms with Gasteiger partial charge >= 0.3 is 0 Å². The zero-order valence-electron chi connectivity index (χ0n) is 13.1. The van der Waals surface area contributed by atoms with Crippen molar-refractivity contribution < 1.29 is 9.18 Å². The van der Waals surface area contributed by atoms with Crippen LogP contribution in [0.5, 0.6) is 0 Å². The number of benzene rings is 1. The molecular weight excluding hydrogens is 335 g/mol. The summed E-state index contributed by atoms with van der Waals surface area (Å²) >= 11 is 3.10. The highest BCUT2D eigenvalue weighted by atomic mass is 79.9. The smallest absolute Gasteiger partial charge is 0.251 e. The van der Waals surface area contributed by atoms with Crippen molar-refractivity contribution in [3.63, 3.8) is 0 Å². The molecule has 0 bridgehead atoms. The molecule has 1 unspecified atom stereocenters. The summed E-state index contributed by atoms with van der Waals surface area (Å²) in [6, 6.07) is 4.60. The SMILES string of the molecule is CCC(CC)C(CNC(=O)c1ccc(F)c(Br)c1)N(C)C. The van der Waals surface area contributed by atoms with Crippen LogP contribution in [0.15, 0.2) is 22.7 Å². The summed E-state index contributed by atoms with van der Waals surface area (Å²) in [6.07, 6.45) is 2.16. The number of nitrogens with one attached hydrogen (secondary N) is 1. The maximum Gasteiger partial charge on any atom is 0.251 e. The molecule has 0 aliphatic heterocycles. The summed E-state index contributed by atoms with van der Waals surface area (Å²) in [5.41, 5.74) is 0.463. The number of rotatable bonds is 7. The van der Waals surface area contributed by atoms with Crippen LogP contribution in [0.1, 0.15) is 37.0 Å². The third-order valence-electron chi connectivity index (χ3n) is 3.91. The molecule has 0 spiro atoms. The molecule has 118 valence electrons. The zero-order chi connectivity index (χ0) is 16.0. The largest absolute Gasteiger partial charge is 0.350 e. The van der Waals surface area contributed by atoms with Gasteiger partial charge in [-0.2, -0.15) is 0 Å². The van der Waals surface area contributed by atoms with Gasteiger partial charge in [0.25, 0.3) is 5.91 Å². The third-order valence-corrected chi connectivity index (χ3v) is 4.52. The molecule has 0 aliphatic carbocycles. The molecule has 1 aromatic carbocycles. The Morgan fingerprint density at radius 2 is 1.95 bits per heavy atom. The number of carbonyl (C=O) groups is 1. The van der Waals surface area contributed by atoms with Gasteiger partial charge in [0.05, 0.1) is 4.47 Å². The maximum absolute atomic E-state index is 13.2. The summed E-state index contributed by atoms with van der Waals surface area (Å²) in [5, 5.41) is 2.95. The Labute approximate surface area is 135 Å². The van der Waals surface area contributed by atoms with E-state index in [4.69, 9.17) is 0 Å². The van der Waals surface area contributed by atoms with Gasteiger partial charge in [-0.15, -0.1) is 0 Å². The topological polar surface area (TPSA) is 32.3 Å². The fraction of sp³-hybridized carbons (Fsp3) is 0.562. The molecule has 0 radical (unpaired) electrons. The van der Waals surface area contributed by atoms with Crippen molar-refractivity contribution in [1.29, 1.82) is 0 Å². The molecule has 1 rings (SSSR count). The number of nitrogens with zero attached hydrogens (tertiary/aromatic N) is 1. The zero-order valence-corrected chi connectivity index (χ0v) is 14.7. The lowest BCUT2D eigenvalue weighted by molar-refractivity contribution is 0.0928. The van der Waals surface area contributed by atoms with Crippen LogP contribution in [-0.2, 0) is 0 Å². The fourth-order valence-electron chi connectivity index (χ4n) is 2.54. The molecule has 1 aromatic rings. The number of likely N-dealkylation sites (N-methyl/N-ethyl adjacent to an activating group) is 1. The van der Waals surface area contributed by atoms with E-state index in [0.717, 1.165) is 12.8 Å². The van der Waals surface area contributed by atoms with Crippen LogP contribution in [-0.4, -0.2) is 37.5 Å². The van der Waals surface area contributed by atoms with Crippen molar-refractivity contribution >= 4 is 21.8 Å². The number of carbonyl (C=O) groups excluding carboxylic acids is 1. The van der Waals surface area contributed by atoms with Crippen molar-refractivity contribution in [2.75, 3.05) is 20.6 Å². The Kier molecular flexibility index (Phi) is 7.32. The molecule has 0 saturated carbocycles. The first-order chi connectivity index (χ1) is 9.90. The molecule has 0 fully saturated rings. The predicted octanol–water partition coefficient (Wildman–Crippen LogP) is 3.68. The molecule has 1 amide bonds. The molecule has 3 nitrogen and oxygen atoms in total. The van der Waals surface area contributed by atoms with Crippen molar-refractivity contribution in [2.45, 2.75) is 32.7 Å². The van der Waals surface area contributed by atoms with E-state index in [9.17, 15) is 9.18 Å². The summed E-state index contributed by atoms with van der Waals surface area (Å²) < 4.78 is 13.5. The van der Waals surface area contributed by atoms with Crippen molar-refractivity contribution in [2.24, 2.45) is 5.92 Å². The minimum Gasteiger partial charge on any atom is -0.350 e. The second kappa shape index (κ2) is 8.49. The molecule has 0 aromatic heterocycles. The molecule has 1 atom stereocenters. The van der Waals surface area contributed by atoms with Gasteiger partial charge in [-0.25, -0.2) is 4.39 Å². The highest BCUT2D eigenvalue weighted by molar-refractivity contribution is 9.10. The first-order valence-corrected chi connectivity index (χ1v) is 8.09. The van der Waals surface area contributed by atoms with Gasteiger partial charge in [-0.3, -0.25) is 4.79 Å². The quantitative estimate of drug-likeness (QED) is 0.806. The van der Waals surface area contributed by atoms with Gasteiger partial charge in [-0.05, 0) is 54.1 Å². The Balaban J connectivity index is 2.71. The van der Waals surface area contributed by atoms with Gasteiger partial charge in [0.15, 0.2) is 0 Å². The summed E-state index contributed by atoms with van der Waals surface area (Å²) in [5.74, 6) is 0.00325. The minimum absolute atomic E-state index is 0.173. The highest BCUT2D eigenvalue weighted by Gasteiger charge is 2.21. The van der Waals surface area contributed by atoms with Gasteiger partial charge in [0.1, 0.15) is 5.82 Å². The summed E-state index contributed by atoms with van der Waals surface area (Å²) in [6.45, 7) is 4.93. The van der Waals surface area contributed by atoms with Crippen LogP contribution in [0, 0.1) is 11.7 Å². The van der Waals surface area contributed by atoms with Gasteiger partial charge in [0, 0.05) is 18.2 Å². The fourth-order valence-corrected chi connectivity index (χ4v) is 2.92. The predicted molar refractivity (Wildman–Crippen MR) is 88.0 cm³/mol. The van der Waals surface area contributed by atoms with E-state index in [1.807, 2.05) is 14.1 Å². The van der Waals surface area contributed by atoms with Crippen molar-refractivity contribution in [3.05, 3.63) is 34.1 Å². The number of amides is 1. The molecule has 0 heterocycles. The van der Waals surface area contributed by atoms with Crippen molar-refractivity contribution in [3.8, 4) is 0 Å². The maximum atomic E-state index is 13.2. The molecular formula is C16H24BrFN2O. The molecule has 21 heavy (non-hydrogen) atoms. The Morgan fingerprint density at radius 3 is 2.43 bits per heavy atom. The van der Waals surface area contributed by atoms with E-state index in [-0.39, 0.29) is 11.7 Å². The van der Waals surface area contributed by atoms with Crippen LogP contribution in [0.25, 0.3) is 0 Å².